The first kappa shape index (κ1) is 19.3. The summed E-state index contributed by atoms with van der Waals surface area (Å²) in [6, 6.07) is 6.27. The lowest BCUT2D eigenvalue weighted by Crippen LogP contribution is -2.42. The molecule has 0 aromatic heterocycles. The highest BCUT2D eigenvalue weighted by Gasteiger charge is 2.32. The van der Waals surface area contributed by atoms with Crippen molar-refractivity contribution in [2.24, 2.45) is 23.5 Å². The van der Waals surface area contributed by atoms with Gasteiger partial charge in [0.25, 0.3) is 5.91 Å². The maximum absolute atomic E-state index is 13.0. The number of nitrogens with zero attached hydrogens (tertiary/aromatic N) is 1. The zero-order valence-corrected chi connectivity index (χ0v) is 16.3. The van der Waals surface area contributed by atoms with Gasteiger partial charge in [-0.3, -0.25) is 4.79 Å². The molecule has 2 fully saturated rings. The molecule has 0 radical (unpaired) electrons. The summed E-state index contributed by atoms with van der Waals surface area (Å²) in [4.78, 5) is 12.6. The number of piperidine rings is 1. The molecule has 1 saturated heterocycles. The zero-order chi connectivity index (χ0) is 18.9. The van der Waals surface area contributed by atoms with Crippen molar-refractivity contribution in [2.75, 3.05) is 19.6 Å². The Balaban J connectivity index is 1.72. The highest BCUT2D eigenvalue weighted by Crippen LogP contribution is 2.31. The van der Waals surface area contributed by atoms with Crippen LogP contribution in [0.2, 0.25) is 0 Å². The van der Waals surface area contributed by atoms with E-state index in [1.807, 2.05) is 0 Å². The summed E-state index contributed by atoms with van der Waals surface area (Å²) >= 11 is 0. The van der Waals surface area contributed by atoms with Crippen LogP contribution in [0.4, 0.5) is 0 Å². The van der Waals surface area contributed by atoms with E-state index >= 15 is 0 Å². The van der Waals surface area contributed by atoms with Crippen molar-refractivity contribution in [3.05, 3.63) is 29.8 Å². The molecule has 0 spiro atoms. The molecule has 3 rings (SSSR count). The second kappa shape index (κ2) is 7.66. The molecule has 1 saturated carbocycles. The van der Waals surface area contributed by atoms with E-state index in [0.29, 0.717) is 43.0 Å². The molecular weight excluding hydrogens is 350 g/mol. The van der Waals surface area contributed by atoms with Crippen LogP contribution < -0.4 is 11.1 Å². The van der Waals surface area contributed by atoms with Gasteiger partial charge in [0.15, 0.2) is 0 Å². The van der Waals surface area contributed by atoms with Crippen LogP contribution in [-0.4, -0.2) is 44.3 Å². The molecule has 144 valence electrons. The molecule has 6 nitrogen and oxygen atoms in total. The molecule has 0 bridgehead atoms. The van der Waals surface area contributed by atoms with Crippen LogP contribution in [0.3, 0.4) is 0 Å². The Morgan fingerprint density at radius 1 is 1.27 bits per heavy atom. The minimum Gasteiger partial charge on any atom is -0.350 e. The first-order chi connectivity index (χ1) is 12.3. The third-order valence-electron chi connectivity index (χ3n) is 5.30. The molecule has 7 heteroatoms. The summed E-state index contributed by atoms with van der Waals surface area (Å²) in [5.74, 6) is 0.899. The van der Waals surface area contributed by atoms with E-state index in [0.717, 1.165) is 19.3 Å². The van der Waals surface area contributed by atoms with Gasteiger partial charge in [-0.15, -0.1) is 0 Å². The normalized spacial score (nSPS) is 25.7. The van der Waals surface area contributed by atoms with Crippen molar-refractivity contribution in [3.8, 4) is 0 Å². The summed E-state index contributed by atoms with van der Waals surface area (Å²) in [5, 5.41) is 2.82. The fraction of sp³-hybridized carbons (Fsp3) is 0.632. The van der Waals surface area contributed by atoms with Gasteiger partial charge < -0.3 is 11.1 Å². The van der Waals surface area contributed by atoms with E-state index in [9.17, 15) is 13.2 Å². The molecule has 3 atom stereocenters. The standard InChI is InChI=1S/C19H29N3O3S/c1-13-8-14(2)12-22(11-13)26(24,25)17-5-3-4-16(9-17)19(23)21-10-18(20)15-6-7-15/h3-5,9,13-15,18H,6-8,10-12,20H2,1-2H3,(H,21,23). The first-order valence-corrected chi connectivity index (χ1v) is 10.9. The van der Waals surface area contributed by atoms with Gasteiger partial charge in [0, 0.05) is 31.2 Å². The van der Waals surface area contributed by atoms with Crippen molar-refractivity contribution >= 4 is 15.9 Å². The Bertz CT molecular complexity index is 751. The summed E-state index contributed by atoms with van der Waals surface area (Å²) in [7, 11) is -3.59. The highest BCUT2D eigenvalue weighted by atomic mass is 32.2. The Kier molecular flexibility index (Phi) is 5.69. The predicted octanol–water partition coefficient (Wildman–Crippen LogP) is 1.82. The van der Waals surface area contributed by atoms with Gasteiger partial charge in [-0.2, -0.15) is 4.31 Å². The molecule has 1 aromatic carbocycles. The minimum absolute atomic E-state index is 0.0257. The summed E-state index contributed by atoms with van der Waals surface area (Å²) < 4.78 is 27.5. The summed E-state index contributed by atoms with van der Waals surface area (Å²) in [6.07, 6.45) is 3.28. The van der Waals surface area contributed by atoms with E-state index in [2.05, 4.69) is 19.2 Å². The second-order valence-electron chi connectivity index (χ2n) is 8.01. The predicted molar refractivity (Wildman–Crippen MR) is 101 cm³/mol. The van der Waals surface area contributed by atoms with Crippen molar-refractivity contribution in [1.82, 2.24) is 9.62 Å². The van der Waals surface area contributed by atoms with Gasteiger partial charge in [0.2, 0.25) is 10.0 Å². The Morgan fingerprint density at radius 2 is 1.92 bits per heavy atom. The maximum Gasteiger partial charge on any atom is 0.251 e. The Hall–Kier alpha value is -1.44. The summed E-state index contributed by atoms with van der Waals surface area (Å²) in [6.45, 7) is 5.62. The van der Waals surface area contributed by atoms with Crippen molar-refractivity contribution in [1.29, 1.82) is 0 Å². The summed E-state index contributed by atoms with van der Waals surface area (Å²) in [5.41, 5.74) is 6.36. The first-order valence-electron chi connectivity index (χ1n) is 9.41. The Morgan fingerprint density at radius 3 is 2.54 bits per heavy atom. The monoisotopic (exact) mass is 379 g/mol. The van der Waals surface area contributed by atoms with Gasteiger partial charge in [-0.05, 0) is 55.2 Å². The number of amides is 1. The van der Waals surface area contributed by atoms with Crippen LogP contribution in [0.15, 0.2) is 29.2 Å². The number of nitrogens with one attached hydrogen (secondary N) is 1. The van der Waals surface area contributed by atoms with Gasteiger partial charge in [-0.25, -0.2) is 8.42 Å². The van der Waals surface area contributed by atoms with Crippen molar-refractivity contribution in [2.45, 2.75) is 44.0 Å². The molecule has 1 amide bonds. The van der Waals surface area contributed by atoms with Gasteiger partial charge >= 0.3 is 0 Å². The number of hydrogen-bond acceptors (Lipinski definition) is 4. The number of sulfonamides is 1. The lowest BCUT2D eigenvalue weighted by molar-refractivity contribution is 0.0950. The van der Waals surface area contributed by atoms with Crippen LogP contribution in [0.25, 0.3) is 0 Å². The maximum atomic E-state index is 13.0. The zero-order valence-electron chi connectivity index (χ0n) is 15.5. The molecule has 26 heavy (non-hydrogen) atoms. The molecular formula is C19H29N3O3S. The average molecular weight is 380 g/mol. The van der Waals surface area contributed by atoms with E-state index in [4.69, 9.17) is 5.73 Å². The van der Waals surface area contributed by atoms with Crippen LogP contribution in [-0.2, 0) is 10.0 Å². The molecule has 1 aliphatic heterocycles. The molecule has 3 N–H and O–H groups in total. The third-order valence-corrected chi connectivity index (χ3v) is 7.12. The lowest BCUT2D eigenvalue weighted by Gasteiger charge is -2.34. The molecule has 1 aliphatic carbocycles. The number of hydrogen-bond donors (Lipinski definition) is 2. The average Bonchev–Trinajstić information content (AvgIpc) is 3.43. The fourth-order valence-electron chi connectivity index (χ4n) is 3.75. The smallest absolute Gasteiger partial charge is 0.251 e. The van der Waals surface area contributed by atoms with E-state index in [-0.39, 0.29) is 16.8 Å². The van der Waals surface area contributed by atoms with E-state index in [1.54, 1.807) is 22.5 Å². The third kappa shape index (κ3) is 4.45. The number of carbonyl (C=O) groups excluding carboxylic acids is 1. The minimum atomic E-state index is -3.59. The van der Waals surface area contributed by atoms with E-state index < -0.39 is 10.0 Å². The fourth-order valence-corrected chi connectivity index (χ4v) is 5.48. The number of benzene rings is 1. The van der Waals surface area contributed by atoms with Crippen molar-refractivity contribution < 1.29 is 13.2 Å². The quantitative estimate of drug-likeness (QED) is 0.788. The van der Waals surface area contributed by atoms with Crippen LogP contribution in [0.5, 0.6) is 0 Å². The second-order valence-corrected chi connectivity index (χ2v) is 9.95. The van der Waals surface area contributed by atoms with Gasteiger partial charge in [0.05, 0.1) is 4.90 Å². The lowest BCUT2D eigenvalue weighted by atomic mass is 9.94. The number of rotatable bonds is 6. The Labute approximate surface area is 156 Å². The molecule has 1 heterocycles. The highest BCUT2D eigenvalue weighted by molar-refractivity contribution is 7.89. The van der Waals surface area contributed by atoms with Gasteiger partial charge in [0.1, 0.15) is 0 Å². The van der Waals surface area contributed by atoms with Crippen molar-refractivity contribution in [3.63, 3.8) is 0 Å². The van der Waals surface area contributed by atoms with Crippen LogP contribution >= 0.6 is 0 Å². The van der Waals surface area contributed by atoms with E-state index in [1.165, 1.54) is 6.07 Å². The molecule has 3 unspecified atom stereocenters. The topological polar surface area (TPSA) is 92.5 Å². The van der Waals surface area contributed by atoms with Crippen LogP contribution in [0, 0.1) is 17.8 Å². The number of nitrogens with two attached hydrogens (primary N) is 1. The molecule has 1 aromatic rings. The van der Waals surface area contributed by atoms with Crippen LogP contribution in [0.1, 0.15) is 43.5 Å². The van der Waals surface area contributed by atoms with Gasteiger partial charge in [-0.1, -0.05) is 19.9 Å². The number of carbonyl (C=O) groups is 1. The molecule has 2 aliphatic rings. The largest absolute Gasteiger partial charge is 0.350 e. The SMILES string of the molecule is CC1CC(C)CN(S(=O)(=O)c2cccc(C(=O)NCC(N)C3CC3)c2)C1.